The Hall–Kier alpha value is -0.840. The number of halogens is 2. The molecular formula is C16H17Br2NO. The number of hydrogen-bond acceptors (Lipinski definition) is 2. The van der Waals surface area contributed by atoms with E-state index in [0.717, 1.165) is 14.5 Å². The van der Waals surface area contributed by atoms with E-state index in [4.69, 9.17) is 0 Å². The first-order valence-electron chi connectivity index (χ1n) is 6.37. The predicted molar refractivity (Wildman–Crippen MR) is 89.8 cm³/mol. The van der Waals surface area contributed by atoms with Crippen LogP contribution in [0.3, 0.4) is 0 Å². The van der Waals surface area contributed by atoms with Crippen molar-refractivity contribution in [2.45, 2.75) is 25.9 Å². The number of benzene rings is 2. The maximum absolute atomic E-state index is 10.0. The number of rotatable bonds is 4. The zero-order valence-corrected chi connectivity index (χ0v) is 14.6. The first-order valence-corrected chi connectivity index (χ1v) is 7.96. The van der Waals surface area contributed by atoms with Gasteiger partial charge in [-0.3, -0.25) is 0 Å². The minimum absolute atomic E-state index is 0.171. The van der Waals surface area contributed by atoms with Crippen LogP contribution in [0.15, 0.2) is 51.4 Å². The fraction of sp³-hybridized carbons (Fsp3) is 0.250. The van der Waals surface area contributed by atoms with E-state index in [1.54, 1.807) is 0 Å². The molecule has 0 aliphatic heterocycles. The zero-order valence-electron chi connectivity index (χ0n) is 11.5. The van der Waals surface area contributed by atoms with Gasteiger partial charge in [0, 0.05) is 22.1 Å². The maximum atomic E-state index is 10.0. The van der Waals surface area contributed by atoms with Crippen molar-refractivity contribution < 1.29 is 5.11 Å². The van der Waals surface area contributed by atoms with Crippen LogP contribution < -0.4 is 5.32 Å². The van der Waals surface area contributed by atoms with Gasteiger partial charge in [-0.05, 0) is 53.5 Å². The summed E-state index contributed by atoms with van der Waals surface area (Å²) in [4.78, 5) is 0. The summed E-state index contributed by atoms with van der Waals surface area (Å²) in [5.41, 5.74) is 1.91. The van der Waals surface area contributed by atoms with E-state index in [-0.39, 0.29) is 5.54 Å². The molecule has 0 saturated heterocycles. The number of phenols is 1. The Morgan fingerprint density at radius 2 is 1.70 bits per heavy atom. The van der Waals surface area contributed by atoms with Gasteiger partial charge in [-0.2, -0.15) is 0 Å². The number of nitrogens with one attached hydrogen (secondary N) is 1. The fourth-order valence-corrected chi connectivity index (χ4v) is 2.66. The van der Waals surface area contributed by atoms with Crippen LogP contribution >= 0.6 is 31.9 Å². The Morgan fingerprint density at radius 1 is 1.05 bits per heavy atom. The molecule has 2 nitrogen and oxygen atoms in total. The summed E-state index contributed by atoms with van der Waals surface area (Å²) in [5, 5.41) is 13.5. The summed E-state index contributed by atoms with van der Waals surface area (Å²) in [6.45, 7) is 4.87. The van der Waals surface area contributed by atoms with Gasteiger partial charge in [0.05, 0.1) is 4.47 Å². The molecule has 0 aliphatic carbocycles. The molecule has 2 aromatic rings. The molecule has 0 fully saturated rings. The normalized spacial score (nSPS) is 11.6. The van der Waals surface area contributed by atoms with Gasteiger partial charge >= 0.3 is 0 Å². The molecule has 0 heterocycles. The third kappa shape index (κ3) is 3.62. The average molecular weight is 399 g/mol. The van der Waals surface area contributed by atoms with Crippen LogP contribution in [0.5, 0.6) is 5.75 Å². The van der Waals surface area contributed by atoms with E-state index in [9.17, 15) is 5.11 Å². The van der Waals surface area contributed by atoms with Crippen molar-refractivity contribution in [3.63, 3.8) is 0 Å². The van der Waals surface area contributed by atoms with E-state index >= 15 is 0 Å². The summed E-state index contributed by atoms with van der Waals surface area (Å²) in [5.74, 6) is 0.298. The fourth-order valence-electron chi connectivity index (χ4n) is 1.99. The lowest BCUT2D eigenvalue weighted by Gasteiger charge is -2.27. The predicted octanol–water partition coefficient (Wildman–Crippen LogP) is 4.94. The number of hydrogen-bond donors (Lipinski definition) is 2. The second-order valence-electron chi connectivity index (χ2n) is 5.23. The molecule has 0 saturated carbocycles. The molecule has 0 unspecified atom stereocenters. The molecule has 20 heavy (non-hydrogen) atoms. The molecule has 0 amide bonds. The summed E-state index contributed by atoms with van der Waals surface area (Å²) in [7, 11) is 0. The van der Waals surface area contributed by atoms with Gasteiger partial charge in [0.2, 0.25) is 0 Å². The maximum Gasteiger partial charge on any atom is 0.134 e. The minimum atomic E-state index is -0.171. The van der Waals surface area contributed by atoms with Crippen LogP contribution in [0.25, 0.3) is 0 Å². The Balaban J connectivity index is 2.12. The van der Waals surface area contributed by atoms with Crippen LogP contribution in [-0.4, -0.2) is 5.11 Å². The standard InChI is InChI=1S/C16H17Br2NO/c1-16(2,12-6-8-13(17)9-7-12)19-10-11-4-3-5-14(18)15(11)20/h3-9,19-20H,10H2,1-2H3. The highest BCUT2D eigenvalue weighted by atomic mass is 79.9. The van der Waals surface area contributed by atoms with Gasteiger partial charge in [0.25, 0.3) is 0 Å². The first-order chi connectivity index (χ1) is 9.40. The molecular weight excluding hydrogens is 382 g/mol. The van der Waals surface area contributed by atoms with Crippen molar-refractivity contribution in [3.05, 3.63) is 62.5 Å². The van der Waals surface area contributed by atoms with Crippen LogP contribution in [0.1, 0.15) is 25.0 Å². The van der Waals surface area contributed by atoms with Gasteiger partial charge in [-0.25, -0.2) is 0 Å². The van der Waals surface area contributed by atoms with E-state index in [2.05, 4.69) is 63.2 Å². The lowest BCUT2D eigenvalue weighted by atomic mass is 9.94. The Morgan fingerprint density at radius 3 is 2.35 bits per heavy atom. The third-order valence-electron chi connectivity index (χ3n) is 3.36. The van der Waals surface area contributed by atoms with Crippen LogP contribution in [0.4, 0.5) is 0 Å². The Kier molecular flexibility index (Phi) is 4.89. The van der Waals surface area contributed by atoms with Gasteiger partial charge in [-0.1, -0.05) is 40.2 Å². The van der Waals surface area contributed by atoms with E-state index in [1.165, 1.54) is 5.56 Å². The SMILES string of the molecule is CC(C)(NCc1cccc(Br)c1O)c1ccc(Br)cc1. The molecule has 0 radical (unpaired) electrons. The van der Waals surface area contributed by atoms with Crippen molar-refractivity contribution >= 4 is 31.9 Å². The first kappa shape index (κ1) is 15.5. The third-order valence-corrected chi connectivity index (χ3v) is 4.53. The molecule has 0 bridgehead atoms. The second kappa shape index (κ2) is 6.29. The van der Waals surface area contributed by atoms with E-state index < -0.39 is 0 Å². The molecule has 0 spiro atoms. The summed E-state index contributed by atoms with van der Waals surface area (Å²) in [6.07, 6.45) is 0. The van der Waals surface area contributed by atoms with Crippen molar-refractivity contribution in [3.8, 4) is 5.75 Å². The highest BCUT2D eigenvalue weighted by molar-refractivity contribution is 9.10. The number of phenolic OH excluding ortho intramolecular Hbond substituents is 1. The van der Waals surface area contributed by atoms with Gasteiger partial charge < -0.3 is 10.4 Å². The lowest BCUT2D eigenvalue weighted by molar-refractivity contribution is 0.392. The van der Waals surface area contributed by atoms with E-state index in [1.807, 2.05) is 30.3 Å². The van der Waals surface area contributed by atoms with Gasteiger partial charge in [-0.15, -0.1) is 0 Å². The van der Waals surface area contributed by atoms with Crippen molar-refractivity contribution in [1.82, 2.24) is 5.32 Å². The summed E-state index contributed by atoms with van der Waals surface area (Å²) >= 11 is 6.78. The van der Waals surface area contributed by atoms with Gasteiger partial charge in [0.1, 0.15) is 5.75 Å². The van der Waals surface area contributed by atoms with Crippen molar-refractivity contribution in [1.29, 1.82) is 0 Å². The molecule has 2 aromatic carbocycles. The molecule has 0 aromatic heterocycles. The molecule has 0 aliphatic rings. The highest BCUT2D eigenvalue weighted by Crippen LogP contribution is 2.29. The quantitative estimate of drug-likeness (QED) is 0.764. The highest BCUT2D eigenvalue weighted by Gasteiger charge is 2.20. The van der Waals surface area contributed by atoms with Crippen LogP contribution in [-0.2, 0) is 12.1 Å². The number of para-hydroxylation sites is 1. The Labute approximate surface area is 136 Å². The topological polar surface area (TPSA) is 32.3 Å². The second-order valence-corrected chi connectivity index (χ2v) is 7.00. The van der Waals surface area contributed by atoms with E-state index in [0.29, 0.717) is 12.3 Å². The minimum Gasteiger partial charge on any atom is -0.506 e. The zero-order chi connectivity index (χ0) is 14.8. The molecule has 106 valence electrons. The van der Waals surface area contributed by atoms with Gasteiger partial charge in [0.15, 0.2) is 0 Å². The molecule has 2 rings (SSSR count). The van der Waals surface area contributed by atoms with Crippen LogP contribution in [0.2, 0.25) is 0 Å². The number of aromatic hydroxyl groups is 1. The lowest BCUT2D eigenvalue weighted by Crippen LogP contribution is -2.35. The van der Waals surface area contributed by atoms with Crippen molar-refractivity contribution in [2.24, 2.45) is 0 Å². The monoisotopic (exact) mass is 397 g/mol. The summed E-state index contributed by atoms with van der Waals surface area (Å²) < 4.78 is 1.79. The molecule has 0 atom stereocenters. The molecule has 2 N–H and O–H groups in total. The summed E-state index contributed by atoms with van der Waals surface area (Å²) in [6, 6.07) is 13.9. The van der Waals surface area contributed by atoms with Crippen LogP contribution in [0, 0.1) is 0 Å². The smallest absolute Gasteiger partial charge is 0.134 e. The molecule has 4 heteroatoms. The largest absolute Gasteiger partial charge is 0.506 e. The Bertz CT molecular complexity index is 594. The van der Waals surface area contributed by atoms with Crippen molar-refractivity contribution in [2.75, 3.05) is 0 Å². The average Bonchev–Trinajstić information content (AvgIpc) is 2.41.